The Labute approximate surface area is 168 Å². The Hall–Kier alpha value is -3.16. The second-order valence-corrected chi connectivity index (χ2v) is 7.40. The van der Waals surface area contributed by atoms with Crippen LogP contribution in [-0.2, 0) is 20.7 Å². The van der Waals surface area contributed by atoms with Crippen LogP contribution in [-0.4, -0.2) is 59.0 Å². The number of benzene rings is 1. The lowest BCUT2D eigenvalue weighted by Gasteiger charge is -2.39. The van der Waals surface area contributed by atoms with Crippen LogP contribution in [0.2, 0.25) is 0 Å². The van der Waals surface area contributed by atoms with Crippen LogP contribution in [0.1, 0.15) is 41.2 Å². The van der Waals surface area contributed by atoms with E-state index in [1.807, 2.05) is 37.3 Å². The van der Waals surface area contributed by atoms with Gasteiger partial charge in [-0.15, -0.1) is 0 Å². The molecule has 8 heteroatoms. The molecule has 2 aromatic rings. The first-order valence-corrected chi connectivity index (χ1v) is 9.72. The van der Waals surface area contributed by atoms with Crippen molar-refractivity contribution >= 4 is 17.8 Å². The fourth-order valence-electron chi connectivity index (χ4n) is 4.35. The summed E-state index contributed by atoms with van der Waals surface area (Å²) in [5.74, 6) is -1.23. The number of aromatic nitrogens is 1. The molecule has 8 nitrogen and oxygen atoms in total. The number of amides is 2. The molecule has 0 radical (unpaired) electrons. The summed E-state index contributed by atoms with van der Waals surface area (Å²) < 4.78 is 10.1. The molecular formula is C21H23N3O5. The van der Waals surface area contributed by atoms with Crippen molar-refractivity contribution in [2.24, 2.45) is 5.92 Å². The Balaban J connectivity index is 1.60. The number of hydrogen-bond acceptors (Lipinski definition) is 6. The number of piperazine rings is 1. The van der Waals surface area contributed by atoms with Crippen LogP contribution < -0.4 is 0 Å². The van der Waals surface area contributed by atoms with Crippen molar-refractivity contribution in [3.8, 4) is 0 Å². The van der Waals surface area contributed by atoms with Crippen molar-refractivity contribution in [1.29, 1.82) is 0 Å². The van der Waals surface area contributed by atoms with Gasteiger partial charge in [0.2, 0.25) is 11.7 Å². The summed E-state index contributed by atoms with van der Waals surface area (Å²) in [6.45, 7) is 2.20. The van der Waals surface area contributed by atoms with Gasteiger partial charge in [0.15, 0.2) is 0 Å². The Morgan fingerprint density at radius 3 is 2.69 bits per heavy atom. The topological polar surface area (TPSA) is 93.0 Å². The van der Waals surface area contributed by atoms with Crippen molar-refractivity contribution in [3.05, 3.63) is 53.4 Å². The first kappa shape index (κ1) is 19.2. The highest BCUT2D eigenvalue weighted by atomic mass is 16.5. The van der Waals surface area contributed by atoms with Gasteiger partial charge in [0.25, 0.3) is 5.91 Å². The van der Waals surface area contributed by atoms with Gasteiger partial charge in [0.05, 0.1) is 30.8 Å². The van der Waals surface area contributed by atoms with Gasteiger partial charge in [-0.2, -0.15) is 0 Å². The van der Waals surface area contributed by atoms with E-state index < -0.39 is 12.0 Å². The molecule has 0 bridgehead atoms. The van der Waals surface area contributed by atoms with Gasteiger partial charge in [-0.3, -0.25) is 14.4 Å². The third-order valence-electron chi connectivity index (χ3n) is 5.71. The predicted molar refractivity (Wildman–Crippen MR) is 102 cm³/mol. The minimum atomic E-state index is -0.469. The Kier molecular flexibility index (Phi) is 5.08. The molecule has 4 rings (SSSR count). The van der Waals surface area contributed by atoms with E-state index in [-0.39, 0.29) is 36.1 Å². The van der Waals surface area contributed by atoms with E-state index in [1.165, 1.54) is 12.0 Å². The van der Waals surface area contributed by atoms with E-state index in [0.29, 0.717) is 25.1 Å². The normalized spacial score (nSPS) is 23.8. The summed E-state index contributed by atoms with van der Waals surface area (Å²) in [7, 11) is 1.36. The number of ether oxygens (including phenoxy) is 1. The van der Waals surface area contributed by atoms with Crippen LogP contribution in [0.25, 0.3) is 0 Å². The monoisotopic (exact) mass is 397 g/mol. The van der Waals surface area contributed by atoms with Crippen LogP contribution in [0.3, 0.4) is 0 Å². The van der Waals surface area contributed by atoms with Crippen molar-refractivity contribution in [3.63, 3.8) is 0 Å². The maximum atomic E-state index is 13.1. The fraction of sp³-hybridized carbons (Fsp3) is 0.429. The van der Waals surface area contributed by atoms with Gasteiger partial charge in [0.1, 0.15) is 6.54 Å². The number of methoxy groups -OCH3 is 1. The second-order valence-electron chi connectivity index (χ2n) is 7.40. The summed E-state index contributed by atoms with van der Waals surface area (Å²) in [5, 5.41) is 3.86. The third-order valence-corrected chi connectivity index (χ3v) is 5.71. The molecule has 152 valence electrons. The number of carbonyl (C=O) groups excluding carboxylic acids is 3. The molecular weight excluding hydrogens is 374 g/mol. The summed E-state index contributed by atoms with van der Waals surface area (Å²) in [6.07, 6.45) is 1.10. The molecule has 29 heavy (non-hydrogen) atoms. The SMILES string of the molecule is CCc1cc(C(=O)N2CC(=O)N3[C@@H](C[C@H](C(=O)OC)[C@@H]3c3ccccc3)C2)on1. The molecule has 3 heterocycles. The molecule has 2 aliphatic heterocycles. The zero-order valence-electron chi connectivity index (χ0n) is 16.4. The summed E-state index contributed by atoms with van der Waals surface area (Å²) in [6, 6.07) is 10.4. The summed E-state index contributed by atoms with van der Waals surface area (Å²) >= 11 is 0. The molecule has 3 atom stereocenters. The Bertz CT molecular complexity index is 925. The molecule has 0 saturated carbocycles. The molecule has 1 aromatic heterocycles. The number of aryl methyl sites for hydroxylation is 1. The number of esters is 1. The number of nitrogens with zero attached hydrogens (tertiary/aromatic N) is 3. The lowest BCUT2D eigenvalue weighted by Crippen LogP contribution is -2.55. The highest BCUT2D eigenvalue weighted by Gasteiger charge is 2.51. The molecule has 1 aromatic carbocycles. The molecule has 0 N–H and O–H groups in total. The third kappa shape index (κ3) is 3.39. The Morgan fingerprint density at radius 2 is 2.03 bits per heavy atom. The highest BCUT2D eigenvalue weighted by Crippen LogP contribution is 2.43. The van der Waals surface area contributed by atoms with Gasteiger partial charge >= 0.3 is 5.97 Å². The molecule has 0 unspecified atom stereocenters. The first-order chi connectivity index (χ1) is 14.0. The van der Waals surface area contributed by atoms with E-state index in [4.69, 9.17) is 9.26 Å². The lowest BCUT2D eigenvalue weighted by atomic mass is 9.93. The standard InChI is InChI=1S/C21H23N3O5/c1-3-14-9-17(29-22-14)20(26)23-11-15-10-16(21(27)28-2)19(24(15)18(25)12-23)13-7-5-4-6-8-13/h4-9,15-16,19H,3,10-12H2,1-2H3/t15-,16-,19-/m0/s1. The van der Waals surface area contributed by atoms with Gasteiger partial charge in [-0.25, -0.2) is 0 Å². The van der Waals surface area contributed by atoms with E-state index >= 15 is 0 Å². The number of carbonyl (C=O) groups is 3. The predicted octanol–water partition coefficient (Wildman–Crippen LogP) is 1.82. The molecule has 0 aliphatic carbocycles. The fourth-order valence-corrected chi connectivity index (χ4v) is 4.35. The van der Waals surface area contributed by atoms with Gasteiger partial charge in [-0.05, 0) is 18.4 Å². The Morgan fingerprint density at radius 1 is 1.28 bits per heavy atom. The van der Waals surface area contributed by atoms with Crippen LogP contribution in [0, 0.1) is 5.92 Å². The molecule has 0 spiro atoms. The zero-order valence-corrected chi connectivity index (χ0v) is 16.4. The smallest absolute Gasteiger partial charge is 0.311 e. The van der Waals surface area contributed by atoms with Gasteiger partial charge in [-0.1, -0.05) is 42.4 Å². The van der Waals surface area contributed by atoms with Crippen molar-refractivity contribution < 1.29 is 23.6 Å². The minimum Gasteiger partial charge on any atom is -0.469 e. The minimum absolute atomic E-state index is 0.0608. The number of hydrogen-bond donors (Lipinski definition) is 0. The van der Waals surface area contributed by atoms with Crippen LogP contribution in [0.15, 0.2) is 40.9 Å². The number of fused-ring (bicyclic) bond motifs is 1. The van der Waals surface area contributed by atoms with Crippen LogP contribution in [0.4, 0.5) is 0 Å². The summed E-state index contributed by atoms with van der Waals surface area (Å²) in [5.41, 5.74) is 1.58. The van der Waals surface area contributed by atoms with Crippen LogP contribution >= 0.6 is 0 Å². The molecule has 2 aliphatic rings. The number of rotatable bonds is 4. The molecule has 2 fully saturated rings. The van der Waals surface area contributed by atoms with E-state index in [1.54, 1.807) is 11.0 Å². The van der Waals surface area contributed by atoms with E-state index in [2.05, 4.69) is 5.16 Å². The second kappa shape index (κ2) is 7.69. The first-order valence-electron chi connectivity index (χ1n) is 9.72. The highest BCUT2D eigenvalue weighted by molar-refractivity contribution is 5.95. The zero-order chi connectivity index (χ0) is 20.5. The van der Waals surface area contributed by atoms with Gasteiger partial charge < -0.3 is 19.1 Å². The van der Waals surface area contributed by atoms with Crippen molar-refractivity contribution in [1.82, 2.24) is 15.0 Å². The molecule has 2 saturated heterocycles. The van der Waals surface area contributed by atoms with E-state index in [0.717, 1.165) is 5.56 Å². The maximum absolute atomic E-state index is 13.1. The molecule has 2 amide bonds. The van der Waals surface area contributed by atoms with Crippen molar-refractivity contribution in [2.75, 3.05) is 20.2 Å². The quantitative estimate of drug-likeness (QED) is 0.731. The lowest BCUT2D eigenvalue weighted by molar-refractivity contribution is -0.147. The van der Waals surface area contributed by atoms with Crippen molar-refractivity contribution in [2.45, 2.75) is 31.8 Å². The maximum Gasteiger partial charge on any atom is 0.311 e. The average molecular weight is 397 g/mol. The van der Waals surface area contributed by atoms with Crippen LogP contribution in [0.5, 0.6) is 0 Å². The largest absolute Gasteiger partial charge is 0.469 e. The van der Waals surface area contributed by atoms with E-state index in [9.17, 15) is 14.4 Å². The summed E-state index contributed by atoms with van der Waals surface area (Å²) in [4.78, 5) is 41.6. The van der Waals surface area contributed by atoms with Gasteiger partial charge in [0, 0.05) is 12.6 Å². The average Bonchev–Trinajstić information content (AvgIpc) is 3.38.